The number of carbonyl (C=O) groups is 6. The number of methoxy groups -OCH3 is 2. The van der Waals surface area contributed by atoms with Crippen molar-refractivity contribution in [2.45, 2.75) is 70.9 Å². The molecule has 6 amide bonds. The number of rotatable bonds is 15. The number of benzene rings is 3. The van der Waals surface area contributed by atoms with Crippen LogP contribution in [0.5, 0.6) is 17.2 Å². The number of anilines is 2. The zero-order valence-corrected chi connectivity index (χ0v) is 34.5. The van der Waals surface area contributed by atoms with Gasteiger partial charge in [-0.25, -0.2) is 14.8 Å². The molecule has 0 radical (unpaired) electrons. The fourth-order valence-corrected chi connectivity index (χ4v) is 7.26. The number of ketones is 1. The molecule has 1 unspecified atom stereocenters. The number of Topliss-reactive ketones (excluding diaryl/α,β-unsaturated/α-hetero) is 1. The molecule has 0 bridgehead atoms. The van der Waals surface area contributed by atoms with Gasteiger partial charge in [-0.1, -0.05) is 18.6 Å². The molecule has 0 saturated carbocycles. The molecule has 1 atom stereocenters. The Morgan fingerprint density at radius 1 is 0.852 bits per heavy atom. The fraction of sp³-hybridized carbons (Fsp3) is 0.341. The summed E-state index contributed by atoms with van der Waals surface area (Å²) in [6.45, 7) is 5.95. The van der Waals surface area contributed by atoms with Crippen LogP contribution in [0.25, 0.3) is 32.9 Å². The van der Waals surface area contributed by atoms with Crippen LogP contribution in [0.1, 0.15) is 80.0 Å². The number of hydrogen-bond donors (Lipinski definition) is 4. The molecule has 17 nitrogen and oxygen atoms in total. The quantitative estimate of drug-likeness (QED) is 0.0725. The lowest BCUT2D eigenvalue weighted by molar-refractivity contribution is -0.136. The first-order valence-electron chi connectivity index (χ1n) is 19.9. The smallest absolute Gasteiger partial charge is 0.320 e. The van der Waals surface area contributed by atoms with E-state index < -0.39 is 41.2 Å². The van der Waals surface area contributed by atoms with Gasteiger partial charge in [0.25, 0.3) is 11.8 Å². The van der Waals surface area contributed by atoms with Gasteiger partial charge in [-0.3, -0.25) is 39.5 Å². The first-order valence-corrected chi connectivity index (χ1v) is 19.9. The molecule has 1 saturated heterocycles. The minimum Gasteiger partial charge on any atom is -0.497 e. The van der Waals surface area contributed by atoms with E-state index in [1.54, 1.807) is 50.7 Å². The number of piperidine rings is 1. The van der Waals surface area contributed by atoms with Gasteiger partial charge in [0, 0.05) is 59.1 Å². The van der Waals surface area contributed by atoms with E-state index in [2.05, 4.69) is 31.2 Å². The number of pyridine rings is 1. The third kappa shape index (κ3) is 9.51. The second kappa shape index (κ2) is 17.6. The molecule has 2 aliphatic rings. The van der Waals surface area contributed by atoms with Gasteiger partial charge in [-0.05, 0) is 87.4 Å². The van der Waals surface area contributed by atoms with Gasteiger partial charge in [0.1, 0.15) is 35.7 Å². The average molecular weight is 831 g/mol. The van der Waals surface area contributed by atoms with Crippen molar-refractivity contribution in [1.29, 1.82) is 0 Å². The number of aromatic nitrogens is 3. The SMILES string of the molecule is COc1cc(OC)cc(-c2cc3cnc(NCCCCCC(=O)COc4cc5c6c(cccc6c4)C(=O)N(C4CCC(=O)NC4=O)C5=O)nc3nc2NC(=O)NC(C)(C)C)c1. The summed E-state index contributed by atoms with van der Waals surface area (Å²) < 4.78 is 16.8. The molecule has 0 aliphatic carbocycles. The zero-order chi connectivity index (χ0) is 43.4. The number of urea groups is 1. The van der Waals surface area contributed by atoms with Crippen LogP contribution >= 0.6 is 0 Å². The summed E-state index contributed by atoms with van der Waals surface area (Å²) in [7, 11) is 3.12. The highest BCUT2D eigenvalue weighted by Gasteiger charge is 2.42. The van der Waals surface area contributed by atoms with Gasteiger partial charge >= 0.3 is 6.03 Å². The van der Waals surface area contributed by atoms with E-state index in [0.29, 0.717) is 63.3 Å². The first kappa shape index (κ1) is 42.0. The van der Waals surface area contributed by atoms with Crippen LogP contribution < -0.4 is 35.5 Å². The zero-order valence-electron chi connectivity index (χ0n) is 34.5. The summed E-state index contributed by atoms with van der Waals surface area (Å²) in [5, 5.41) is 12.9. The van der Waals surface area contributed by atoms with Crippen molar-refractivity contribution in [3.63, 3.8) is 0 Å². The van der Waals surface area contributed by atoms with Crippen molar-refractivity contribution in [3.8, 4) is 28.4 Å². The Kier molecular flexibility index (Phi) is 12.1. The van der Waals surface area contributed by atoms with Gasteiger partial charge in [0.05, 0.1) is 19.8 Å². The number of fused-ring (bicyclic) bond motifs is 1. The molecule has 316 valence electrons. The van der Waals surface area contributed by atoms with E-state index in [0.717, 1.165) is 17.7 Å². The van der Waals surface area contributed by atoms with Crippen LogP contribution in [0.3, 0.4) is 0 Å². The predicted molar refractivity (Wildman–Crippen MR) is 226 cm³/mol. The summed E-state index contributed by atoms with van der Waals surface area (Å²) in [6.07, 6.45) is 4.04. The van der Waals surface area contributed by atoms with Crippen molar-refractivity contribution in [2.24, 2.45) is 0 Å². The standard InChI is InChI=1S/C44H46N8O9/c1-44(2,3)51-43(58)50-38-32(25-17-28(59-4)20-29(18-25)60-5)19-26-22-46-42(49-37(26)48-38)45-15-8-6-7-11-27(53)23-61-30-16-24-10-9-12-31-36(24)33(21-30)41(57)52(40(31)56)34-13-14-35(54)47-39(34)55/h9-10,12,16-22,34H,6-8,11,13-15,23H2,1-5H3,(H,47,54,55)(H3,45,46,48,49,50,51,58). The van der Waals surface area contributed by atoms with Crippen LogP contribution in [-0.2, 0) is 14.4 Å². The maximum atomic E-state index is 13.7. The van der Waals surface area contributed by atoms with Crippen LogP contribution in [0.15, 0.2) is 60.8 Å². The van der Waals surface area contributed by atoms with Crippen LogP contribution in [-0.4, -0.2) is 94.2 Å². The lowest BCUT2D eigenvalue weighted by Gasteiger charge is -2.34. The summed E-state index contributed by atoms with van der Waals surface area (Å²) in [6, 6.07) is 13.9. The van der Waals surface area contributed by atoms with E-state index in [4.69, 9.17) is 19.2 Å². The summed E-state index contributed by atoms with van der Waals surface area (Å²) >= 11 is 0. The maximum Gasteiger partial charge on any atom is 0.320 e. The lowest BCUT2D eigenvalue weighted by Crippen LogP contribution is -2.57. The minimum absolute atomic E-state index is 0.00785. The van der Waals surface area contributed by atoms with Crippen molar-refractivity contribution < 1.29 is 43.0 Å². The molecule has 5 aromatic rings. The summed E-state index contributed by atoms with van der Waals surface area (Å²) in [5.41, 5.74) is 1.65. The molecule has 7 rings (SSSR count). The van der Waals surface area contributed by atoms with Crippen molar-refractivity contribution >= 4 is 69.0 Å². The number of ether oxygens (including phenoxy) is 3. The van der Waals surface area contributed by atoms with Crippen molar-refractivity contribution in [2.75, 3.05) is 38.0 Å². The van der Waals surface area contributed by atoms with Crippen LogP contribution in [0, 0.1) is 0 Å². The number of amides is 6. The number of carbonyl (C=O) groups excluding carboxylic acids is 6. The Morgan fingerprint density at radius 3 is 2.33 bits per heavy atom. The van der Waals surface area contributed by atoms with Crippen LogP contribution in [0.4, 0.5) is 16.6 Å². The van der Waals surface area contributed by atoms with E-state index in [-0.39, 0.29) is 54.3 Å². The number of nitrogens with zero attached hydrogens (tertiary/aromatic N) is 4. The molecule has 4 heterocycles. The molecular weight excluding hydrogens is 785 g/mol. The Morgan fingerprint density at radius 2 is 1.61 bits per heavy atom. The fourth-order valence-electron chi connectivity index (χ4n) is 7.26. The number of unbranched alkanes of at least 4 members (excludes halogenated alkanes) is 2. The molecule has 3 aromatic carbocycles. The Hall–Kier alpha value is -7.17. The number of nitrogens with one attached hydrogen (secondary N) is 4. The number of hydrogen-bond acceptors (Lipinski definition) is 13. The molecular formula is C44H46N8O9. The van der Waals surface area contributed by atoms with E-state index in [1.807, 2.05) is 39.0 Å². The van der Waals surface area contributed by atoms with Gasteiger partial charge < -0.3 is 24.8 Å². The monoisotopic (exact) mass is 830 g/mol. The molecule has 1 fully saturated rings. The topological polar surface area (TPSA) is 220 Å². The first-order chi connectivity index (χ1) is 29.2. The summed E-state index contributed by atoms with van der Waals surface area (Å²) in [4.78, 5) is 92.0. The van der Waals surface area contributed by atoms with Crippen LogP contribution in [0.2, 0.25) is 0 Å². The third-order valence-electron chi connectivity index (χ3n) is 10.1. The molecule has 61 heavy (non-hydrogen) atoms. The normalized spacial score (nSPS) is 15.1. The van der Waals surface area contributed by atoms with E-state index >= 15 is 0 Å². The van der Waals surface area contributed by atoms with E-state index in [9.17, 15) is 28.8 Å². The predicted octanol–water partition coefficient (Wildman–Crippen LogP) is 5.80. The van der Waals surface area contributed by atoms with Gasteiger partial charge in [-0.15, -0.1) is 0 Å². The Labute approximate surface area is 350 Å². The summed E-state index contributed by atoms with van der Waals surface area (Å²) in [5.74, 6) is -0.495. The second-order valence-corrected chi connectivity index (χ2v) is 15.8. The highest BCUT2D eigenvalue weighted by molar-refractivity contribution is 6.27. The third-order valence-corrected chi connectivity index (χ3v) is 10.1. The maximum absolute atomic E-state index is 13.7. The Bertz CT molecular complexity index is 2570. The highest BCUT2D eigenvalue weighted by atomic mass is 16.5. The molecule has 2 aliphatic heterocycles. The molecule has 0 spiro atoms. The lowest BCUT2D eigenvalue weighted by atomic mass is 9.91. The van der Waals surface area contributed by atoms with E-state index in [1.165, 1.54) is 6.07 Å². The number of imide groups is 2. The second-order valence-electron chi connectivity index (χ2n) is 15.8. The molecule has 4 N–H and O–H groups in total. The minimum atomic E-state index is -1.12. The largest absolute Gasteiger partial charge is 0.497 e. The van der Waals surface area contributed by atoms with Crippen molar-refractivity contribution in [1.82, 2.24) is 30.5 Å². The van der Waals surface area contributed by atoms with Gasteiger partial charge in [0.15, 0.2) is 11.4 Å². The van der Waals surface area contributed by atoms with Crippen molar-refractivity contribution in [3.05, 3.63) is 71.9 Å². The van der Waals surface area contributed by atoms with Gasteiger partial charge in [0.2, 0.25) is 17.8 Å². The Balaban J connectivity index is 0.940. The molecule has 2 aromatic heterocycles. The average Bonchev–Trinajstić information content (AvgIpc) is 3.22. The molecule has 17 heteroatoms. The van der Waals surface area contributed by atoms with Gasteiger partial charge in [-0.2, -0.15) is 4.98 Å². The highest BCUT2D eigenvalue weighted by Crippen LogP contribution is 2.37.